The van der Waals surface area contributed by atoms with Crippen LogP contribution in [0, 0.1) is 5.82 Å². The Hall–Kier alpha value is -2.47. The maximum atomic E-state index is 14.3. The molecule has 0 aliphatic heterocycles. The molecule has 3 aromatic carbocycles. The Bertz CT molecular complexity index is 1800. The van der Waals surface area contributed by atoms with Crippen molar-refractivity contribution < 1.29 is 100 Å². The molecule has 4 rings (SSSR count). The minimum atomic E-state index is -1.49. The number of hydrogen-bond donors (Lipinski definition) is 3. The van der Waals surface area contributed by atoms with Crippen molar-refractivity contribution in [3.8, 4) is 28.1 Å². The number of anilines is 1. The zero-order valence-electron chi connectivity index (χ0n) is 30.0. The fourth-order valence-corrected chi connectivity index (χ4v) is 4.97. The molecule has 0 fully saturated rings. The van der Waals surface area contributed by atoms with E-state index >= 15 is 0 Å². The van der Waals surface area contributed by atoms with Crippen LogP contribution in [-0.4, -0.2) is 38.9 Å². The molecule has 0 aliphatic rings. The van der Waals surface area contributed by atoms with Crippen LogP contribution < -0.4 is 74.6 Å². The SMILES string of the molecule is [2H]c1c([2H])c([2H])c(-c2c(C(=O)Nc3ccccc3[O-])c(C(C)C)n(CCC(O)CC(O)CC(=O)[O-])c2-c2ccc(F)cc2)c([2H])c1[2H].[Na+].[Na+]. The molecule has 0 aliphatic carbocycles. The summed E-state index contributed by atoms with van der Waals surface area (Å²) >= 11 is 0. The molecule has 8 nitrogen and oxygen atoms in total. The molecular formula is C33H33FN2Na2O6. The van der Waals surface area contributed by atoms with Crippen molar-refractivity contribution in [3.63, 3.8) is 0 Å². The number of amides is 1. The van der Waals surface area contributed by atoms with Gasteiger partial charge in [-0.2, -0.15) is 0 Å². The smallest absolute Gasteiger partial charge is 0.871 e. The normalized spacial score (nSPS) is 13.7. The molecule has 0 radical (unpaired) electrons. The van der Waals surface area contributed by atoms with E-state index in [9.17, 15) is 34.4 Å². The average Bonchev–Trinajstić information content (AvgIpc) is 3.34. The van der Waals surface area contributed by atoms with Gasteiger partial charge in [-0.3, -0.25) is 4.79 Å². The Labute approximate surface area is 307 Å². The number of aliphatic hydroxyl groups is 2. The van der Waals surface area contributed by atoms with Crippen LogP contribution in [0.1, 0.15) is 61.9 Å². The van der Waals surface area contributed by atoms with Crippen molar-refractivity contribution in [2.75, 3.05) is 5.32 Å². The molecule has 4 aromatic rings. The van der Waals surface area contributed by atoms with Crippen molar-refractivity contribution in [2.24, 2.45) is 0 Å². The van der Waals surface area contributed by atoms with Gasteiger partial charge >= 0.3 is 59.1 Å². The van der Waals surface area contributed by atoms with E-state index in [0.717, 1.165) is 12.1 Å². The molecule has 0 spiro atoms. The Morgan fingerprint density at radius 1 is 0.977 bits per heavy atom. The van der Waals surface area contributed by atoms with E-state index in [-0.39, 0.29) is 107 Å². The standard InChI is InChI=1S/C33H35FN2O6.2Na/c1-20(2)31-30(33(42)35-26-10-6-7-11-27(26)39)29(21-8-4-3-5-9-21)32(22-12-14-23(34)15-13-22)36(31)17-16-24(37)18-25(38)19-28(40)41;;/h3-15,20,24-25,37-39H,16-19H2,1-2H3,(H,35,42)(H,40,41);;/q;2*+1/p-2/i3D,4D,5D,8D,9D;;. The topological polar surface area (TPSA) is 138 Å². The van der Waals surface area contributed by atoms with Gasteiger partial charge in [0.1, 0.15) is 5.82 Å². The summed E-state index contributed by atoms with van der Waals surface area (Å²) in [5, 5.41) is 46.9. The van der Waals surface area contributed by atoms with Crippen molar-refractivity contribution in [1.29, 1.82) is 0 Å². The van der Waals surface area contributed by atoms with Crippen LogP contribution in [0.3, 0.4) is 0 Å². The first-order chi connectivity index (χ1) is 22.1. The summed E-state index contributed by atoms with van der Waals surface area (Å²) in [5.74, 6) is -3.85. The molecule has 1 amide bonds. The van der Waals surface area contributed by atoms with Crippen molar-refractivity contribution in [3.05, 3.63) is 95.8 Å². The molecule has 0 bridgehead atoms. The predicted octanol–water partition coefficient (Wildman–Crippen LogP) is -1.94. The third kappa shape index (κ3) is 9.28. The van der Waals surface area contributed by atoms with E-state index in [1.807, 2.05) is 0 Å². The van der Waals surface area contributed by atoms with Gasteiger partial charge in [-0.25, -0.2) is 4.39 Å². The fourth-order valence-electron chi connectivity index (χ4n) is 4.97. The van der Waals surface area contributed by atoms with Crippen molar-refractivity contribution in [2.45, 2.75) is 57.8 Å². The van der Waals surface area contributed by atoms with Crippen LogP contribution in [-0.2, 0) is 11.3 Å². The second-order valence-corrected chi connectivity index (χ2v) is 10.2. The first-order valence-corrected chi connectivity index (χ1v) is 13.4. The first kappa shape index (κ1) is 30.2. The number of aliphatic hydroxyl groups excluding tert-OH is 2. The first-order valence-electron chi connectivity index (χ1n) is 15.9. The van der Waals surface area contributed by atoms with E-state index in [0.29, 0.717) is 11.3 Å². The number of carboxylic acids is 1. The van der Waals surface area contributed by atoms with Gasteiger partial charge < -0.3 is 35.1 Å². The minimum Gasteiger partial charge on any atom is -0.871 e. The quantitative estimate of drug-likeness (QED) is 0.157. The zero-order valence-corrected chi connectivity index (χ0v) is 29.0. The van der Waals surface area contributed by atoms with Gasteiger partial charge in [0.25, 0.3) is 5.91 Å². The van der Waals surface area contributed by atoms with Crippen LogP contribution in [0.25, 0.3) is 22.4 Å². The maximum Gasteiger partial charge on any atom is 1.00 e. The number of nitrogens with zero attached hydrogens (tertiary/aromatic N) is 1. The van der Waals surface area contributed by atoms with Crippen molar-refractivity contribution in [1.82, 2.24) is 4.57 Å². The van der Waals surface area contributed by atoms with Gasteiger partial charge in [-0.05, 0) is 60.2 Å². The van der Waals surface area contributed by atoms with E-state index in [1.165, 1.54) is 30.3 Å². The number of para-hydroxylation sites is 2. The van der Waals surface area contributed by atoms with Crippen LogP contribution >= 0.6 is 0 Å². The summed E-state index contributed by atoms with van der Waals surface area (Å²) in [7, 11) is 0. The van der Waals surface area contributed by atoms with Gasteiger partial charge in [-0.1, -0.05) is 68.0 Å². The molecule has 0 saturated heterocycles. The molecule has 2 unspecified atom stereocenters. The number of halogens is 1. The number of benzene rings is 3. The Balaban J connectivity index is 0.00000417. The van der Waals surface area contributed by atoms with E-state index in [1.54, 1.807) is 24.5 Å². The molecule has 11 heteroatoms. The number of carboxylic acid groups (broad SMARTS) is 1. The third-order valence-electron chi connectivity index (χ3n) is 6.71. The number of carbonyl (C=O) groups is 2. The maximum absolute atomic E-state index is 14.3. The van der Waals surface area contributed by atoms with E-state index in [4.69, 9.17) is 6.85 Å². The summed E-state index contributed by atoms with van der Waals surface area (Å²) in [6, 6.07) is 7.64. The van der Waals surface area contributed by atoms with E-state index in [2.05, 4.69) is 5.32 Å². The summed E-state index contributed by atoms with van der Waals surface area (Å²) in [5.41, 5.74) is 0.265. The predicted molar refractivity (Wildman–Crippen MR) is 154 cm³/mol. The molecule has 2 atom stereocenters. The summed E-state index contributed by atoms with van der Waals surface area (Å²) in [4.78, 5) is 25.2. The summed E-state index contributed by atoms with van der Waals surface area (Å²) in [6.07, 6.45) is -3.68. The molecule has 1 heterocycles. The van der Waals surface area contributed by atoms with Gasteiger partial charge in [0, 0.05) is 35.9 Å². The van der Waals surface area contributed by atoms with Crippen LogP contribution in [0.5, 0.6) is 5.75 Å². The number of nitrogens with one attached hydrogen (secondary N) is 1. The van der Waals surface area contributed by atoms with Gasteiger partial charge in [0.05, 0.1) is 30.3 Å². The summed E-state index contributed by atoms with van der Waals surface area (Å²) in [6.45, 7) is 3.45. The van der Waals surface area contributed by atoms with Crippen molar-refractivity contribution >= 4 is 17.6 Å². The molecule has 0 saturated carbocycles. The van der Waals surface area contributed by atoms with Gasteiger partial charge in [0.2, 0.25) is 0 Å². The molecule has 1 aromatic heterocycles. The van der Waals surface area contributed by atoms with Gasteiger partial charge in [-0.15, -0.1) is 0 Å². The number of aromatic nitrogens is 1. The number of carbonyl (C=O) groups excluding carboxylic acids is 2. The second kappa shape index (κ2) is 17.3. The molecule has 44 heavy (non-hydrogen) atoms. The third-order valence-corrected chi connectivity index (χ3v) is 6.71. The molecule has 220 valence electrons. The minimum absolute atomic E-state index is 0. The van der Waals surface area contributed by atoms with E-state index < -0.39 is 78.2 Å². The summed E-state index contributed by atoms with van der Waals surface area (Å²) < 4.78 is 58.2. The Morgan fingerprint density at radius 2 is 1.61 bits per heavy atom. The largest absolute Gasteiger partial charge is 1.00 e. The zero-order chi connectivity index (χ0) is 34.7. The molecular weight excluding hydrogens is 585 g/mol. The number of hydrogen-bond acceptors (Lipinski definition) is 6. The second-order valence-electron chi connectivity index (χ2n) is 10.2. The Morgan fingerprint density at radius 3 is 2.20 bits per heavy atom. The fraction of sp³-hybridized carbons (Fsp3) is 0.273. The van der Waals surface area contributed by atoms with Gasteiger partial charge in [0.15, 0.2) is 0 Å². The van der Waals surface area contributed by atoms with Crippen LogP contribution in [0.2, 0.25) is 0 Å². The average molecular weight is 624 g/mol. The Kier molecular flexibility index (Phi) is 11.9. The van der Waals surface area contributed by atoms with Crippen LogP contribution in [0.4, 0.5) is 10.1 Å². The number of aliphatic carboxylic acids is 1. The van der Waals surface area contributed by atoms with Crippen LogP contribution in [0.15, 0.2) is 78.7 Å². The monoisotopic (exact) mass is 623 g/mol. The molecule has 3 N–H and O–H groups in total. The number of rotatable bonds is 12.